The lowest BCUT2D eigenvalue weighted by molar-refractivity contribution is -0.119. The summed E-state index contributed by atoms with van der Waals surface area (Å²) >= 11 is 1.28. The number of amides is 1. The number of para-hydroxylation sites is 1. The fraction of sp³-hybridized carbons (Fsp3) is 0.167. The van der Waals surface area contributed by atoms with Gasteiger partial charge < -0.3 is 15.2 Å². The summed E-state index contributed by atoms with van der Waals surface area (Å²) in [6.45, 7) is 1.87. The third-order valence-electron chi connectivity index (χ3n) is 4.31. The molecule has 0 aliphatic carbocycles. The Morgan fingerprint density at radius 3 is 2.84 bits per heavy atom. The van der Waals surface area contributed by atoms with Crippen LogP contribution in [0.3, 0.4) is 0 Å². The molecule has 4 rings (SSSR count). The Morgan fingerprint density at radius 2 is 2.04 bits per heavy atom. The molecule has 0 saturated heterocycles. The topological polar surface area (TPSA) is 84.3 Å². The molecule has 0 spiro atoms. The van der Waals surface area contributed by atoms with E-state index in [9.17, 15) is 9.90 Å². The van der Waals surface area contributed by atoms with Crippen LogP contribution < -0.4 is 10.1 Å². The van der Waals surface area contributed by atoms with Crippen LogP contribution in [-0.4, -0.2) is 21.2 Å². The van der Waals surface area contributed by atoms with Crippen molar-refractivity contribution in [3.63, 3.8) is 0 Å². The van der Waals surface area contributed by atoms with Gasteiger partial charge in [0.05, 0.1) is 0 Å². The number of phenols is 1. The summed E-state index contributed by atoms with van der Waals surface area (Å²) in [6.07, 6.45) is 0. The zero-order valence-corrected chi connectivity index (χ0v) is 14.2. The van der Waals surface area contributed by atoms with Gasteiger partial charge in [-0.25, -0.2) is 0 Å². The van der Waals surface area contributed by atoms with Crippen LogP contribution in [0.5, 0.6) is 17.2 Å². The molecule has 2 aromatic carbocycles. The number of anilines is 1. The molecular formula is C18H15N3O3S. The highest BCUT2D eigenvalue weighted by molar-refractivity contribution is 7.13. The van der Waals surface area contributed by atoms with Crippen LogP contribution in [0.4, 0.5) is 5.13 Å². The highest BCUT2D eigenvalue weighted by Crippen LogP contribution is 2.48. The van der Waals surface area contributed by atoms with Gasteiger partial charge >= 0.3 is 0 Å². The second-order valence-electron chi connectivity index (χ2n) is 5.86. The lowest BCUT2D eigenvalue weighted by atomic mass is 9.79. The van der Waals surface area contributed by atoms with Gasteiger partial charge in [-0.15, -0.1) is 10.2 Å². The van der Waals surface area contributed by atoms with E-state index in [2.05, 4.69) is 15.5 Å². The van der Waals surface area contributed by atoms with Crippen LogP contribution in [0.2, 0.25) is 0 Å². The number of benzene rings is 2. The van der Waals surface area contributed by atoms with Gasteiger partial charge in [0.25, 0.3) is 0 Å². The number of nitrogens with zero attached hydrogens (tertiary/aromatic N) is 2. The third kappa shape index (κ3) is 2.83. The Labute approximate surface area is 148 Å². The minimum Gasteiger partial charge on any atom is -0.508 e. The number of carbonyl (C=O) groups excluding carboxylic acids is 1. The van der Waals surface area contributed by atoms with E-state index in [1.807, 2.05) is 31.2 Å². The lowest BCUT2D eigenvalue weighted by Crippen LogP contribution is -2.28. The van der Waals surface area contributed by atoms with Crippen LogP contribution in [0.15, 0.2) is 48.0 Å². The second kappa shape index (κ2) is 6.18. The number of fused-ring (bicyclic) bond motifs is 2. The van der Waals surface area contributed by atoms with Crippen LogP contribution in [0.1, 0.15) is 24.0 Å². The highest BCUT2D eigenvalue weighted by Gasteiger charge is 2.35. The van der Waals surface area contributed by atoms with Crippen molar-refractivity contribution in [2.24, 2.45) is 5.92 Å². The SMILES string of the molecule is CC(C(=O)Nc1nncs1)[C@@H]1c2ccccc2Oc2cc(O)ccc21. The van der Waals surface area contributed by atoms with Gasteiger partial charge in [-0.05, 0) is 12.1 Å². The smallest absolute Gasteiger partial charge is 0.229 e. The van der Waals surface area contributed by atoms with E-state index in [1.165, 1.54) is 11.3 Å². The van der Waals surface area contributed by atoms with Crippen LogP contribution in [-0.2, 0) is 4.79 Å². The Bertz CT molecular complexity index is 927. The van der Waals surface area contributed by atoms with Crippen LogP contribution in [0.25, 0.3) is 0 Å². The largest absolute Gasteiger partial charge is 0.508 e. The number of nitrogens with one attached hydrogen (secondary N) is 1. The second-order valence-corrected chi connectivity index (χ2v) is 6.69. The normalized spacial score (nSPS) is 16.3. The van der Waals surface area contributed by atoms with E-state index in [0.717, 1.165) is 11.1 Å². The monoisotopic (exact) mass is 353 g/mol. The summed E-state index contributed by atoms with van der Waals surface area (Å²) < 4.78 is 5.91. The molecule has 126 valence electrons. The van der Waals surface area contributed by atoms with E-state index >= 15 is 0 Å². The number of ether oxygens (including phenoxy) is 1. The van der Waals surface area contributed by atoms with Gasteiger partial charge in [0.15, 0.2) is 0 Å². The van der Waals surface area contributed by atoms with E-state index in [0.29, 0.717) is 16.6 Å². The van der Waals surface area contributed by atoms with Crippen molar-refractivity contribution >= 4 is 22.4 Å². The van der Waals surface area contributed by atoms with Crippen molar-refractivity contribution in [2.75, 3.05) is 5.32 Å². The molecule has 0 fully saturated rings. The summed E-state index contributed by atoms with van der Waals surface area (Å²) in [5, 5.41) is 20.6. The summed E-state index contributed by atoms with van der Waals surface area (Å²) in [6, 6.07) is 12.6. The lowest BCUT2D eigenvalue weighted by Gasteiger charge is -2.31. The molecule has 3 aromatic rings. The fourth-order valence-corrected chi connectivity index (χ4v) is 3.57. The van der Waals surface area contributed by atoms with Gasteiger partial charge in [0.1, 0.15) is 22.8 Å². The maximum Gasteiger partial charge on any atom is 0.229 e. The maximum absolute atomic E-state index is 12.7. The molecule has 0 bridgehead atoms. The number of hydrogen-bond acceptors (Lipinski definition) is 6. The van der Waals surface area contributed by atoms with Crippen molar-refractivity contribution in [3.05, 3.63) is 59.1 Å². The third-order valence-corrected chi connectivity index (χ3v) is 4.92. The Balaban J connectivity index is 1.74. The summed E-state index contributed by atoms with van der Waals surface area (Å²) in [7, 11) is 0. The Morgan fingerprint density at radius 1 is 1.24 bits per heavy atom. The molecule has 1 amide bonds. The molecule has 0 radical (unpaired) electrons. The molecule has 2 heterocycles. The fourth-order valence-electron chi connectivity index (χ4n) is 3.12. The van der Waals surface area contributed by atoms with Gasteiger partial charge in [-0.2, -0.15) is 0 Å². The molecule has 2 N–H and O–H groups in total. The standard InChI is InChI=1S/C18H15N3O3S/c1-10(17(23)20-18-21-19-9-25-18)16-12-4-2-3-5-14(12)24-15-8-11(22)6-7-13(15)16/h2-10,16,22H,1H3,(H,20,21,23)/t10?,16-/m1/s1. The van der Waals surface area contributed by atoms with Crippen LogP contribution >= 0.6 is 11.3 Å². The molecule has 2 atom stereocenters. The zero-order chi connectivity index (χ0) is 17.4. The number of aromatic hydroxyl groups is 1. The number of carbonyl (C=O) groups is 1. The Kier molecular flexibility index (Phi) is 3.85. The quantitative estimate of drug-likeness (QED) is 0.749. The first-order valence-electron chi connectivity index (χ1n) is 7.80. The molecule has 1 unspecified atom stereocenters. The van der Waals surface area contributed by atoms with Gasteiger partial charge in [-0.1, -0.05) is 42.5 Å². The van der Waals surface area contributed by atoms with Gasteiger partial charge in [0.2, 0.25) is 11.0 Å². The molecule has 25 heavy (non-hydrogen) atoms. The average molecular weight is 353 g/mol. The van der Waals surface area contributed by atoms with Crippen molar-refractivity contribution in [1.29, 1.82) is 0 Å². The van der Waals surface area contributed by atoms with E-state index < -0.39 is 0 Å². The molecular weight excluding hydrogens is 338 g/mol. The van der Waals surface area contributed by atoms with E-state index in [1.54, 1.807) is 23.7 Å². The van der Waals surface area contributed by atoms with E-state index in [4.69, 9.17) is 4.74 Å². The number of aromatic nitrogens is 2. The maximum atomic E-state index is 12.7. The first-order chi connectivity index (χ1) is 12.1. The summed E-state index contributed by atoms with van der Waals surface area (Å²) in [5.41, 5.74) is 3.39. The van der Waals surface area contributed by atoms with Crippen molar-refractivity contribution in [3.8, 4) is 17.2 Å². The van der Waals surface area contributed by atoms with E-state index in [-0.39, 0.29) is 23.5 Å². The minimum absolute atomic E-state index is 0.128. The number of phenolic OH excluding ortho intramolecular Hbond substituents is 1. The first-order valence-corrected chi connectivity index (χ1v) is 8.68. The number of hydrogen-bond donors (Lipinski definition) is 2. The van der Waals surface area contributed by atoms with Crippen molar-refractivity contribution in [2.45, 2.75) is 12.8 Å². The Hall–Kier alpha value is -2.93. The van der Waals surface area contributed by atoms with Crippen molar-refractivity contribution in [1.82, 2.24) is 10.2 Å². The molecule has 0 saturated carbocycles. The summed E-state index contributed by atoms with van der Waals surface area (Å²) in [4.78, 5) is 12.7. The molecule has 1 aliphatic rings. The minimum atomic E-state index is -0.364. The predicted molar refractivity (Wildman–Crippen MR) is 94.2 cm³/mol. The van der Waals surface area contributed by atoms with Crippen molar-refractivity contribution < 1.29 is 14.6 Å². The average Bonchev–Trinajstić information content (AvgIpc) is 3.12. The van der Waals surface area contributed by atoms with Crippen LogP contribution in [0, 0.1) is 5.92 Å². The molecule has 7 heteroatoms. The molecule has 1 aromatic heterocycles. The van der Waals surface area contributed by atoms with Gasteiger partial charge in [-0.3, -0.25) is 4.79 Å². The highest BCUT2D eigenvalue weighted by atomic mass is 32.1. The van der Waals surface area contributed by atoms with Gasteiger partial charge in [0, 0.05) is 29.0 Å². The summed E-state index contributed by atoms with van der Waals surface area (Å²) in [5.74, 6) is 0.700. The molecule has 6 nitrogen and oxygen atoms in total. The number of rotatable bonds is 3. The predicted octanol–water partition coefficient (Wildman–Crippen LogP) is 3.76. The first kappa shape index (κ1) is 15.6. The molecule has 1 aliphatic heterocycles. The zero-order valence-electron chi connectivity index (χ0n) is 13.3.